The van der Waals surface area contributed by atoms with Gasteiger partial charge in [0.05, 0.1) is 13.2 Å². The lowest BCUT2D eigenvalue weighted by Gasteiger charge is -2.19. The Bertz CT molecular complexity index is 801. The average molecular weight is 368 g/mol. The fraction of sp³-hybridized carbons (Fsp3) is 0.143. The minimum atomic E-state index is -3.79. The van der Waals surface area contributed by atoms with Crippen LogP contribution in [0.3, 0.4) is 0 Å². The van der Waals surface area contributed by atoms with Gasteiger partial charge in [-0.2, -0.15) is 0 Å². The maximum absolute atomic E-state index is 13.1. The molecule has 26 heavy (non-hydrogen) atoms. The molecule has 0 atom stereocenters. The molecular weight excluding hydrogens is 347 g/mol. The van der Waals surface area contributed by atoms with Crippen LogP contribution in [0.2, 0.25) is 0 Å². The van der Waals surface area contributed by atoms with Gasteiger partial charge in [0.2, 0.25) is 0 Å². The van der Waals surface area contributed by atoms with Crippen LogP contribution in [0.1, 0.15) is 16.7 Å². The molecule has 3 rings (SSSR count). The largest absolute Gasteiger partial charge is 0.530 e. The van der Waals surface area contributed by atoms with Crippen molar-refractivity contribution in [3.63, 3.8) is 0 Å². The molecule has 0 saturated carbocycles. The van der Waals surface area contributed by atoms with Gasteiger partial charge in [0.25, 0.3) is 0 Å². The van der Waals surface area contributed by atoms with Crippen LogP contribution >= 0.6 is 7.82 Å². The van der Waals surface area contributed by atoms with Gasteiger partial charge in [-0.1, -0.05) is 78.4 Å². The van der Waals surface area contributed by atoms with E-state index in [1.54, 1.807) is 12.1 Å². The SMILES string of the molecule is Cc1ccc(OP(=O)(OCc2ccccc2)OCc2ccccc2)cc1. The molecule has 134 valence electrons. The van der Waals surface area contributed by atoms with Crippen molar-refractivity contribution in [1.29, 1.82) is 0 Å². The first kappa shape index (κ1) is 18.4. The smallest absolute Gasteiger partial charge is 0.404 e. The molecule has 0 bridgehead atoms. The molecule has 0 unspecified atom stereocenters. The Balaban J connectivity index is 1.72. The van der Waals surface area contributed by atoms with Crippen LogP contribution in [-0.2, 0) is 26.8 Å². The minimum absolute atomic E-state index is 0.138. The van der Waals surface area contributed by atoms with E-state index in [1.165, 1.54) is 0 Å². The van der Waals surface area contributed by atoms with Crippen molar-refractivity contribution in [2.45, 2.75) is 20.1 Å². The zero-order valence-electron chi connectivity index (χ0n) is 14.6. The summed E-state index contributed by atoms with van der Waals surface area (Å²) in [5.74, 6) is 0.444. The summed E-state index contributed by atoms with van der Waals surface area (Å²) in [4.78, 5) is 0. The quantitative estimate of drug-likeness (QED) is 0.463. The van der Waals surface area contributed by atoms with Crippen molar-refractivity contribution in [1.82, 2.24) is 0 Å². The number of aryl methyl sites for hydroxylation is 1. The van der Waals surface area contributed by atoms with Gasteiger partial charge in [0, 0.05) is 0 Å². The molecule has 0 N–H and O–H groups in total. The molecule has 0 aliphatic heterocycles. The molecular formula is C21H21O4P. The molecule has 0 radical (unpaired) electrons. The van der Waals surface area contributed by atoms with E-state index in [1.807, 2.05) is 79.7 Å². The first-order chi connectivity index (χ1) is 12.6. The Morgan fingerprint density at radius 1 is 0.692 bits per heavy atom. The summed E-state index contributed by atoms with van der Waals surface area (Å²) in [5, 5.41) is 0. The van der Waals surface area contributed by atoms with Gasteiger partial charge < -0.3 is 4.52 Å². The third-order valence-electron chi connectivity index (χ3n) is 3.70. The molecule has 3 aromatic carbocycles. The molecule has 0 spiro atoms. The second-order valence-electron chi connectivity index (χ2n) is 5.87. The van der Waals surface area contributed by atoms with E-state index < -0.39 is 7.82 Å². The molecule has 0 heterocycles. The zero-order chi connectivity index (χ0) is 18.2. The average Bonchev–Trinajstić information content (AvgIpc) is 2.69. The summed E-state index contributed by atoms with van der Waals surface area (Å²) >= 11 is 0. The fourth-order valence-corrected chi connectivity index (χ4v) is 3.45. The normalized spacial score (nSPS) is 11.3. The Morgan fingerprint density at radius 2 is 1.15 bits per heavy atom. The number of rotatable bonds is 8. The molecule has 0 aromatic heterocycles. The molecule has 0 amide bonds. The maximum atomic E-state index is 13.1. The Morgan fingerprint density at radius 3 is 1.62 bits per heavy atom. The third kappa shape index (κ3) is 5.57. The summed E-state index contributed by atoms with van der Waals surface area (Å²) in [6.07, 6.45) is 0. The number of benzene rings is 3. The predicted octanol–water partition coefficient (Wildman–Crippen LogP) is 5.92. The van der Waals surface area contributed by atoms with E-state index in [9.17, 15) is 4.57 Å². The topological polar surface area (TPSA) is 44.8 Å². The highest BCUT2D eigenvalue weighted by atomic mass is 31.2. The fourth-order valence-electron chi connectivity index (χ4n) is 2.27. The molecule has 3 aromatic rings. The van der Waals surface area contributed by atoms with Crippen molar-refractivity contribution < 1.29 is 18.1 Å². The summed E-state index contributed by atoms with van der Waals surface area (Å²) in [7, 11) is -3.79. The molecule has 0 aliphatic rings. The second-order valence-corrected chi connectivity index (χ2v) is 7.46. The summed E-state index contributed by atoms with van der Waals surface area (Å²) < 4.78 is 29.9. The van der Waals surface area contributed by atoms with Crippen molar-refractivity contribution in [3.8, 4) is 5.75 Å². The van der Waals surface area contributed by atoms with Gasteiger partial charge in [-0.25, -0.2) is 4.57 Å². The number of phosphoric ester groups is 1. The van der Waals surface area contributed by atoms with Crippen molar-refractivity contribution >= 4 is 7.82 Å². The van der Waals surface area contributed by atoms with Crippen LogP contribution < -0.4 is 4.52 Å². The van der Waals surface area contributed by atoms with E-state index in [0.29, 0.717) is 5.75 Å². The van der Waals surface area contributed by atoms with E-state index >= 15 is 0 Å². The van der Waals surface area contributed by atoms with E-state index in [0.717, 1.165) is 16.7 Å². The molecule has 0 aliphatic carbocycles. The van der Waals surface area contributed by atoms with Crippen molar-refractivity contribution in [2.75, 3.05) is 0 Å². The molecule has 4 nitrogen and oxygen atoms in total. The zero-order valence-corrected chi connectivity index (χ0v) is 15.5. The summed E-state index contributed by atoms with van der Waals surface area (Å²) in [6, 6.07) is 26.3. The van der Waals surface area contributed by atoms with Gasteiger partial charge in [0.1, 0.15) is 5.75 Å². The highest BCUT2D eigenvalue weighted by molar-refractivity contribution is 7.48. The molecule has 0 saturated heterocycles. The number of phosphoric acid groups is 1. The van der Waals surface area contributed by atoms with Crippen LogP contribution in [0, 0.1) is 6.92 Å². The summed E-state index contributed by atoms with van der Waals surface area (Å²) in [5.41, 5.74) is 2.87. The number of hydrogen-bond donors (Lipinski definition) is 0. The number of hydrogen-bond acceptors (Lipinski definition) is 4. The predicted molar refractivity (Wildman–Crippen MR) is 102 cm³/mol. The van der Waals surface area contributed by atoms with E-state index in [-0.39, 0.29) is 13.2 Å². The van der Waals surface area contributed by atoms with Gasteiger partial charge in [-0.3, -0.25) is 9.05 Å². The maximum Gasteiger partial charge on any atom is 0.530 e. The van der Waals surface area contributed by atoms with Crippen LogP contribution in [0.25, 0.3) is 0 Å². The van der Waals surface area contributed by atoms with Crippen LogP contribution in [0.15, 0.2) is 84.9 Å². The third-order valence-corrected chi connectivity index (χ3v) is 5.03. The lowest BCUT2D eigenvalue weighted by atomic mass is 10.2. The lowest BCUT2D eigenvalue weighted by molar-refractivity contribution is 0.143. The molecule has 0 fully saturated rings. The van der Waals surface area contributed by atoms with Crippen molar-refractivity contribution in [3.05, 3.63) is 102 Å². The van der Waals surface area contributed by atoms with Crippen LogP contribution in [-0.4, -0.2) is 0 Å². The Labute approximate surface area is 154 Å². The van der Waals surface area contributed by atoms with Gasteiger partial charge in [0.15, 0.2) is 0 Å². The van der Waals surface area contributed by atoms with Gasteiger partial charge >= 0.3 is 7.82 Å². The minimum Gasteiger partial charge on any atom is -0.404 e. The first-order valence-electron chi connectivity index (χ1n) is 8.36. The lowest BCUT2D eigenvalue weighted by Crippen LogP contribution is -2.03. The van der Waals surface area contributed by atoms with E-state index in [2.05, 4.69) is 0 Å². The Hall–Kier alpha value is -2.39. The van der Waals surface area contributed by atoms with Crippen LogP contribution in [0.4, 0.5) is 0 Å². The second kappa shape index (κ2) is 8.81. The highest BCUT2D eigenvalue weighted by Crippen LogP contribution is 2.50. The standard InChI is InChI=1S/C21H21O4P/c1-18-12-14-21(15-13-18)25-26(22,23-16-19-8-4-2-5-9-19)24-17-20-10-6-3-7-11-20/h2-15H,16-17H2,1H3. The monoisotopic (exact) mass is 368 g/mol. The Kier molecular flexibility index (Phi) is 6.24. The summed E-state index contributed by atoms with van der Waals surface area (Å²) in [6.45, 7) is 2.25. The first-order valence-corrected chi connectivity index (χ1v) is 9.82. The van der Waals surface area contributed by atoms with Crippen molar-refractivity contribution in [2.24, 2.45) is 0 Å². The highest BCUT2D eigenvalue weighted by Gasteiger charge is 2.29. The van der Waals surface area contributed by atoms with E-state index in [4.69, 9.17) is 13.6 Å². The van der Waals surface area contributed by atoms with Gasteiger partial charge in [-0.15, -0.1) is 0 Å². The van der Waals surface area contributed by atoms with Crippen LogP contribution in [0.5, 0.6) is 5.75 Å². The molecule has 5 heteroatoms. The van der Waals surface area contributed by atoms with Gasteiger partial charge in [-0.05, 0) is 30.2 Å².